The average molecular weight is 370 g/mol. The van der Waals surface area contributed by atoms with Crippen LogP contribution in [0.5, 0.6) is 5.75 Å². The molecule has 1 atom stereocenters. The highest BCUT2D eigenvalue weighted by molar-refractivity contribution is 7.10. The number of benzene rings is 1. The molecule has 3 nitrogen and oxygen atoms in total. The van der Waals surface area contributed by atoms with Crippen LogP contribution in [0.2, 0.25) is 0 Å². The summed E-state index contributed by atoms with van der Waals surface area (Å²) < 4.78 is 5.40. The molecule has 1 amide bonds. The molecule has 2 aromatic heterocycles. The van der Waals surface area contributed by atoms with Crippen molar-refractivity contribution in [1.29, 1.82) is 0 Å². The molecule has 1 aliphatic heterocycles. The molecular formula is C20H19NO2S2. The number of nitrogens with zero attached hydrogens (tertiary/aromatic N) is 1. The number of hydrogen-bond acceptors (Lipinski definition) is 4. The Morgan fingerprint density at radius 1 is 1.20 bits per heavy atom. The summed E-state index contributed by atoms with van der Waals surface area (Å²) in [6.45, 7) is 2.73. The molecule has 1 aliphatic rings. The molecule has 0 fully saturated rings. The maximum atomic E-state index is 13.3. The van der Waals surface area contributed by atoms with Gasteiger partial charge < -0.3 is 9.64 Å². The van der Waals surface area contributed by atoms with Gasteiger partial charge in [0, 0.05) is 21.9 Å². The number of rotatable bonds is 3. The first kappa shape index (κ1) is 16.4. The highest BCUT2D eigenvalue weighted by Crippen LogP contribution is 2.40. The lowest BCUT2D eigenvalue weighted by atomic mass is 9.97. The molecule has 0 saturated heterocycles. The van der Waals surface area contributed by atoms with Gasteiger partial charge in [-0.25, -0.2) is 0 Å². The molecule has 0 spiro atoms. The molecule has 0 radical (unpaired) electrons. The van der Waals surface area contributed by atoms with E-state index in [1.54, 1.807) is 29.8 Å². The SMILES string of the molecule is COc1cc(C(=O)N2CCc3sccc3[C@@H]2c2cccs2)ccc1C. The van der Waals surface area contributed by atoms with E-state index < -0.39 is 0 Å². The number of fused-ring (bicyclic) bond motifs is 1. The quantitative estimate of drug-likeness (QED) is 0.656. The first-order chi connectivity index (χ1) is 12.2. The zero-order chi connectivity index (χ0) is 17.4. The van der Waals surface area contributed by atoms with E-state index in [4.69, 9.17) is 4.74 Å². The Kier molecular flexibility index (Phi) is 4.36. The van der Waals surface area contributed by atoms with Crippen molar-refractivity contribution in [3.05, 3.63) is 73.6 Å². The highest BCUT2D eigenvalue weighted by atomic mass is 32.1. The van der Waals surface area contributed by atoms with Crippen molar-refractivity contribution in [1.82, 2.24) is 4.90 Å². The molecule has 25 heavy (non-hydrogen) atoms. The number of methoxy groups -OCH3 is 1. The van der Waals surface area contributed by atoms with Gasteiger partial charge in [-0.05, 0) is 59.5 Å². The van der Waals surface area contributed by atoms with Crippen molar-refractivity contribution >= 4 is 28.6 Å². The summed E-state index contributed by atoms with van der Waals surface area (Å²) in [4.78, 5) is 17.9. The smallest absolute Gasteiger partial charge is 0.254 e. The first-order valence-corrected chi connectivity index (χ1v) is 10.00. The zero-order valence-electron chi connectivity index (χ0n) is 14.2. The number of ether oxygens (including phenoxy) is 1. The van der Waals surface area contributed by atoms with E-state index in [9.17, 15) is 4.79 Å². The predicted molar refractivity (Wildman–Crippen MR) is 103 cm³/mol. The van der Waals surface area contributed by atoms with Gasteiger partial charge in [-0.15, -0.1) is 22.7 Å². The predicted octanol–water partition coefficient (Wildman–Crippen LogP) is 4.91. The van der Waals surface area contributed by atoms with Gasteiger partial charge in [0.05, 0.1) is 13.2 Å². The second-order valence-corrected chi connectivity index (χ2v) is 8.13. The van der Waals surface area contributed by atoms with Crippen molar-refractivity contribution in [2.75, 3.05) is 13.7 Å². The summed E-state index contributed by atoms with van der Waals surface area (Å²) in [6.07, 6.45) is 0.920. The molecule has 3 heterocycles. The van der Waals surface area contributed by atoms with Crippen LogP contribution in [0, 0.1) is 6.92 Å². The maximum absolute atomic E-state index is 13.3. The van der Waals surface area contributed by atoms with Crippen LogP contribution in [0.15, 0.2) is 47.2 Å². The topological polar surface area (TPSA) is 29.5 Å². The van der Waals surface area contributed by atoms with Gasteiger partial charge >= 0.3 is 0 Å². The van der Waals surface area contributed by atoms with E-state index in [-0.39, 0.29) is 11.9 Å². The molecule has 0 bridgehead atoms. The molecule has 128 valence electrons. The van der Waals surface area contributed by atoms with Crippen LogP contribution >= 0.6 is 22.7 Å². The summed E-state index contributed by atoms with van der Waals surface area (Å²) in [6, 6.07) is 12.1. The van der Waals surface area contributed by atoms with Crippen LogP contribution < -0.4 is 4.74 Å². The van der Waals surface area contributed by atoms with E-state index >= 15 is 0 Å². The van der Waals surface area contributed by atoms with Gasteiger partial charge in [0.2, 0.25) is 0 Å². The van der Waals surface area contributed by atoms with Crippen molar-refractivity contribution in [3.63, 3.8) is 0 Å². The standard InChI is InChI=1S/C20H19NO2S2/c1-13-5-6-14(12-16(13)23-2)20(22)21-9-7-17-15(8-11-25-17)19(21)18-4-3-10-24-18/h3-6,8,10-12,19H,7,9H2,1-2H3/t19-/m1/s1. The average Bonchev–Trinajstić information content (AvgIpc) is 3.32. The number of aryl methyl sites for hydroxylation is 1. The zero-order valence-corrected chi connectivity index (χ0v) is 15.8. The maximum Gasteiger partial charge on any atom is 0.254 e. The van der Waals surface area contributed by atoms with Crippen LogP contribution in [-0.4, -0.2) is 24.5 Å². The van der Waals surface area contributed by atoms with Crippen LogP contribution in [0.3, 0.4) is 0 Å². The Bertz CT molecular complexity index is 898. The van der Waals surface area contributed by atoms with E-state index in [0.29, 0.717) is 5.56 Å². The lowest BCUT2D eigenvalue weighted by Gasteiger charge is -2.35. The number of carbonyl (C=O) groups is 1. The largest absolute Gasteiger partial charge is 0.496 e. The van der Waals surface area contributed by atoms with Crippen LogP contribution in [0.25, 0.3) is 0 Å². The first-order valence-electron chi connectivity index (χ1n) is 8.24. The lowest BCUT2D eigenvalue weighted by Crippen LogP contribution is -2.39. The van der Waals surface area contributed by atoms with Gasteiger partial charge in [-0.1, -0.05) is 12.1 Å². The van der Waals surface area contributed by atoms with Gasteiger partial charge in [0.1, 0.15) is 5.75 Å². The Morgan fingerprint density at radius 3 is 2.84 bits per heavy atom. The molecule has 0 saturated carbocycles. The fourth-order valence-electron chi connectivity index (χ4n) is 3.41. The minimum absolute atomic E-state index is 0.00907. The molecule has 4 rings (SSSR count). The number of hydrogen-bond donors (Lipinski definition) is 0. The van der Waals surface area contributed by atoms with Crippen molar-refractivity contribution < 1.29 is 9.53 Å². The number of amides is 1. The van der Waals surface area contributed by atoms with Crippen LogP contribution in [0.1, 0.15) is 37.3 Å². The monoisotopic (exact) mass is 369 g/mol. The van der Waals surface area contributed by atoms with Gasteiger partial charge in [-0.2, -0.15) is 0 Å². The minimum atomic E-state index is 0.00907. The molecule has 0 aliphatic carbocycles. The third-order valence-corrected chi connectivity index (χ3v) is 6.62. The molecule has 3 aromatic rings. The van der Waals surface area contributed by atoms with Gasteiger partial charge in [-0.3, -0.25) is 4.79 Å². The number of carbonyl (C=O) groups excluding carboxylic acids is 1. The number of thiophene rings is 2. The van der Waals surface area contributed by atoms with E-state index in [1.807, 2.05) is 30.0 Å². The Balaban J connectivity index is 1.74. The fraction of sp³-hybridized carbons (Fsp3) is 0.250. The van der Waals surface area contributed by atoms with Crippen molar-refractivity contribution in [2.45, 2.75) is 19.4 Å². The third kappa shape index (κ3) is 2.87. The van der Waals surface area contributed by atoms with E-state index in [2.05, 4.69) is 29.0 Å². The summed E-state index contributed by atoms with van der Waals surface area (Å²) in [7, 11) is 1.64. The summed E-state index contributed by atoms with van der Waals surface area (Å²) in [5.74, 6) is 0.820. The minimum Gasteiger partial charge on any atom is -0.496 e. The molecule has 0 N–H and O–H groups in total. The Labute approximate surface area is 155 Å². The van der Waals surface area contributed by atoms with Gasteiger partial charge in [0.15, 0.2) is 0 Å². The second-order valence-electron chi connectivity index (χ2n) is 6.15. The van der Waals surface area contributed by atoms with Crippen LogP contribution in [-0.2, 0) is 6.42 Å². The molecular weight excluding hydrogens is 350 g/mol. The fourth-order valence-corrected chi connectivity index (χ4v) is 5.17. The lowest BCUT2D eigenvalue weighted by molar-refractivity contribution is 0.0698. The second kappa shape index (κ2) is 6.65. The summed E-state index contributed by atoms with van der Waals surface area (Å²) in [5.41, 5.74) is 2.99. The normalized spacial score (nSPS) is 16.6. The third-order valence-electron chi connectivity index (χ3n) is 4.69. The van der Waals surface area contributed by atoms with Crippen molar-refractivity contribution in [2.24, 2.45) is 0 Å². The van der Waals surface area contributed by atoms with Crippen molar-refractivity contribution in [3.8, 4) is 5.75 Å². The Morgan fingerprint density at radius 2 is 2.08 bits per heavy atom. The van der Waals surface area contributed by atoms with Gasteiger partial charge in [0.25, 0.3) is 5.91 Å². The summed E-state index contributed by atoms with van der Waals surface area (Å²) in [5, 5.41) is 4.21. The highest BCUT2D eigenvalue weighted by Gasteiger charge is 2.34. The summed E-state index contributed by atoms with van der Waals surface area (Å²) >= 11 is 3.50. The van der Waals surface area contributed by atoms with Crippen LogP contribution in [0.4, 0.5) is 0 Å². The molecule has 5 heteroatoms. The Hall–Kier alpha value is -2.11. The molecule has 1 aromatic carbocycles. The molecule has 0 unspecified atom stereocenters. The van der Waals surface area contributed by atoms with E-state index in [0.717, 1.165) is 24.3 Å². The van der Waals surface area contributed by atoms with E-state index in [1.165, 1.54) is 15.3 Å².